The van der Waals surface area contributed by atoms with Crippen LogP contribution in [0.1, 0.15) is 134 Å². The molecule has 0 rings (SSSR count). The van der Waals surface area contributed by atoms with Gasteiger partial charge in [0, 0.05) is 0 Å². The highest BCUT2D eigenvalue weighted by atomic mass is 14.3. The summed E-state index contributed by atoms with van der Waals surface area (Å²) in [6.07, 6.45) is 10.7. The summed E-state index contributed by atoms with van der Waals surface area (Å²) in [5, 5.41) is 0. The van der Waals surface area contributed by atoms with Gasteiger partial charge in [-0.1, -0.05) is 93.2 Å². The summed E-state index contributed by atoms with van der Waals surface area (Å²) < 4.78 is 0. The van der Waals surface area contributed by atoms with Crippen molar-refractivity contribution in [1.82, 2.24) is 0 Å². The topological polar surface area (TPSA) is 0 Å². The molecule has 0 N–H and O–H groups in total. The standard InChI is InChI=1S/C29H58/c1-13-23(7)26(10)28(25(9)18-19-29(11,12)15-3)20-22(6)16-17-27(21(4)5)24(8)14-2/h22-26,28H,13-20H2,1-12H3. The van der Waals surface area contributed by atoms with Gasteiger partial charge in [0.1, 0.15) is 0 Å². The minimum Gasteiger partial charge on any atom is -0.0770 e. The first-order valence-corrected chi connectivity index (χ1v) is 13.1. The maximum atomic E-state index is 2.56. The Hall–Kier alpha value is -0.260. The fourth-order valence-electron chi connectivity index (χ4n) is 4.99. The first-order chi connectivity index (χ1) is 13.4. The second-order valence-electron chi connectivity index (χ2n) is 11.7. The van der Waals surface area contributed by atoms with Crippen molar-refractivity contribution in [3.63, 3.8) is 0 Å². The van der Waals surface area contributed by atoms with Crippen LogP contribution in [0.4, 0.5) is 0 Å². The molecule has 0 aliphatic carbocycles. The van der Waals surface area contributed by atoms with Gasteiger partial charge < -0.3 is 0 Å². The summed E-state index contributed by atoms with van der Waals surface area (Å²) in [6.45, 7) is 29.1. The molecule has 0 spiro atoms. The summed E-state index contributed by atoms with van der Waals surface area (Å²) in [4.78, 5) is 0. The van der Waals surface area contributed by atoms with Gasteiger partial charge in [0.05, 0.1) is 0 Å². The van der Waals surface area contributed by atoms with Gasteiger partial charge in [-0.15, -0.1) is 0 Å². The fraction of sp³-hybridized carbons (Fsp3) is 0.931. The van der Waals surface area contributed by atoms with E-state index in [2.05, 4.69) is 83.1 Å². The van der Waals surface area contributed by atoms with Crippen LogP contribution in [-0.2, 0) is 0 Å². The number of rotatable bonds is 15. The molecule has 0 aliphatic rings. The SMILES string of the molecule is CCC(C)C(CCC(C)CC(C(C)CCC(C)(C)CC)C(C)C(C)CC)=C(C)C. The van der Waals surface area contributed by atoms with Gasteiger partial charge in [-0.3, -0.25) is 0 Å². The Morgan fingerprint density at radius 1 is 0.793 bits per heavy atom. The molecule has 0 saturated carbocycles. The quantitative estimate of drug-likeness (QED) is 0.237. The molecule has 6 unspecified atom stereocenters. The monoisotopic (exact) mass is 406 g/mol. The van der Waals surface area contributed by atoms with Crippen LogP contribution in [0.2, 0.25) is 0 Å². The van der Waals surface area contributed by atoms with Crippen molar-refractivity contribution in [2.45, 2.75) is 134 Å². The average molecular weight is 407 g/mol. The van der Waals surface area contributed by atoms with Crippen molar-refractivity contribution in [3.05, 3.63) is 11.1 Å². The highest BCUT2D eigenvalue weighted by molar-refractivity contribution is 5.12. The lowest BCUT2D eigenvalue weighted by atomic mass is 9.69. The zero-order valence-electron chi connectivity index (χ0n) is 22.6. The minimum absolute atomic E-state index is 0.499. The molecule has 0 aromatic rings. The molecule has 174 valence electrons. The van der Waals surface area contributed by atoms with E-state index < -0.39 is 0 Å². The lowest BCUT2D eigenvalue weighted by Crippen LogP contribution is -2.27. The average Bonchev–Trinajstić information content (AvgIpc) is 2.68. The van der Waals surface area contributed by atoms with E-state index in [1.54, 1.807) is 11.1 Å². The molecule has 29 heavy (non-hydrogen) atoms. The van der Waals surface area contributed by atoms with Crippen molar-refractivity contribution in [3.8, 4) is 0 Å². The normalized spacial score (nSPS) is 18.6. The second kappa shape index (κ2) is 13.9. The van der Waals surface area contributed by atoms with E-state index in [0.29, 0.717) is 5.41 Å². The third-order valence-corrected chi connectivity index (χ3v) is 8.61. The summed E-state index contributed by atoms with van der Waals surface area (Å²) in [7, 11) is 0. The lowest BCUT2D eigenvalue weighted by Gasteiger charge is -2.36. The molecular weight excluding hydrogens is 348 g/mol. The van der Waals surface area contributed by atoms with Crippen molar-refractivity contribution >= 4 is 0 Å². The van der Waals surface area contributed by atoms with Crippen molar-refractivity contribution in [1.29, 1.82) is 0 Å². The third kappa shape index (κ3) is 10.5. The summed E-state index contributed by atoms with van der Waals surface area (Å²) in [5.41, 5.74) is 3.79. The zero-order chi connectivity index (χ0) is 22.8. The Labute approximate surface area is 186 Å². The van der Waals surface area contributed by atoms with Crippen molar-refractivity contribution in [2.24, 2.45) is 40.9 Å². The van der Waals surface area contributed by atoms with E-state index in [1.165, 1.54) is 51.4 Å². The maximum Gasteiger partial charge on any atom is -0.0232 e. The maximum absolute atomic E-state index is 2.56. The molecule has 0 radical (unpaired) electrons. The van der Waals surface area contributed by atoms with E-state index in [1.807, 2.05) is 0 Å². The predicted octanol–water partition coefficient (Wildman–Crippen LogP) is 10.3. The summed E-state index contributed by atoms with van der Waals surface area (Å²) in [6, 6.07) is 0. The first-order valence-electron chi connectivity index (χ1n) is 13.1. The van der Waals surface area contributed by atoms with Crippen molar-refractivity contribution < 1.29 is 0 Å². The van der Waals surface area contributed by atoms with E-state index in [4.69, 9.17) is 0 Å². The lowest BCUT2D eigenvalue weighted by molar-refractivity contribution is 0.137. The van der Waals surface area contributed by atoms with Crippen LogP contribution in [0.3, 0.4) is 0 Å². The Morgan fingerprint density at radius 3 is 1.83 bits per heavy atom. The smallest absolute Gasteiger partial charge is 0.0232 e. The van der Waals surface area contributed by atoms with Gasteiger partial charge in [-0.25, -0.2) is 0 Å². The van der Waals surface area contributed by atoms with Crippen LogP contribution in [0.5, 0.6) is 0 Å². The molecule has 0 bridgehead atoms. The van der Waals surface area contributed by atoms with Crippen molar-refractivity contribution in [2.75, 3.05) is 0 Å². The van der Waals surface area contributed by atoms with Gasteiger partial charge in [-0.2, -0.15) is 0 Å². The summed E-state index contributed by atoms with van der Waals surface area (Å²) in [5.74, 6) is 4.95. The Morgan fingerprint density at radius 2 is 1.38 bits per heavy atom. The number of hydrogen-bond donors (Lipinski definition) is 0. The van der Waals surface area contributed by atoms with Gasteiger partial charge in [0.2, 0.25) is 0 Å². The fourth-order valence-corrected chi connectivity index (χ4v) is 4.99. The molecule has 6 atom stereocenters. The highest BCUT2D eigenvalue weighted by Crippen LogP contribution is 2.39. The Balaban J connectivity index is 5.13. The molecule has 0 aromatic heterocycles. The molecule has 0 aliphatic heterocycles. The third-order valence-electron chi connectivity index (χ3n) is 8.61. The van der Waals surface area contributed by atoms with Gasteiger partial charge in [0.25, 0.3) is 0 Å². The molecule has 0 nitrogen and oxygen atoms in total. The van der Waals surface area contributed by atoms with E-state index in [-0.39, 0.29) is 0 Å². The van der Waals surface area contributed by atoms with E-state index >= 15 is 0 Å². The summed E-state index contributed by atoms with van der Waals surface area (Å²) >= 11 is 0. The molecule has 0 heteroatoms. The Kier molecular flexibility index (Phi) is 13.8. The number of hydrogen-bond acceptors (Lipinski definition) is 0. The van der Waals surface area contributed by atoms with Crippen LogP contribution >= 0.6 is 0 Å². The molecule has 0 saturated heterocycles. The van der Waals surface area contributed by atoms with Crippen LogP contribution in [0, 0.1) is 40.9 Å². The molecular formula is C29H58. The predicted molar refractivity (Wildman–Crippen MR) is 135 cm³/mol. The zero-order valence-corrected chi connectivity index (χ0v) is 22.6. The number of allylic oxidation sites excluding steroid dienone is 2. The van der Waals surface area contributed by atoms with Gasteiger partial charge in [-0.05, 0) is 93.3 Å². The second-order valence-corrected chi connectivity index (χ2v) is 11.7. The highest BCUT2D eigenvalue weighted by Gasteiger charge is 2.29. The van der Waals surface area contributed by atoms with Crippen LogP contribution in [0.15, 0.2) is 11.1 Å². The van der Waals surface area contributed by atoms with E-state index in [9.17, 15) is 0 Å². The van der Waals surface area contributed by atoms with Gasteiger partial charge >= 0.3 is 0 Å². The molecule has 0 aromatic carbocycles. The molecule has 0 fully saturated rings. The van der Waals surface area contributed by atoms with Gasteiger partial charge in [0.15, 0.2) is 0 Å². The molecule has 0 amide bonds. The van der Waals surface area contributed by atoms with Crippen LogP contribution in [-0.4, -0.2) is 0 Å². The minimum atomic E-state index is 0.499. The molecule has 0 heterocycles. The largest absolute Gasteiger partial charge is 0.0770 e. The van der Waals surface area contributed by atoms with Crippen LogP contribution in [0.25, 0.3) is 0 Å². The van der Waals surface area contributed by atoms with Crippen LogP contribution < -0.4 is 0 Å². The van der Waals surface area contributed by atoms with E-state index in [0.717, 1.165) is 35.5 Å². The first kappa shape index (κ1) is 28.7. The Bertz CT molecular complexity index is 451.